The molecule has 3 aliphatic rings. The fraction of sp³-hybridized carbons (Fsp3) is 0.708. The summed E-state index contributed by atoms with van der Waals surface area (Å²) in [6.07, 6.45) is 6.58. The van der Waals surface area contributed by atoms with Gasteiger partial charge in [0, 0.05) is 11.3 Å². The summed E-state index contributed by atoms with van der Waals surface area (Å²) in [6.45, 7) is 6.80. The lowest BCUT2D eigenvalue weighted by atomic mass is 9.55. The molecule has 1 aromatic rings. The van der Waals surface area contributed by atoms with Crippen LogP contribution in [-0.2, 0) is 11.2 Å². The zero-order valence-electron chi connectivity index (χ0n) is 17.9. The van der Waals surface area contributed by atoms with E-state index in [0.29, 0.717) is 24.3 Å². The Morgan fingerprint density at radius 3 is 2.86 bits per heavy atom. The van der Waals surface area contributed by atoms with Crippen LogP contribution in [0, 0.1) is 17.3 Å². The second-order valence-electron chi connectivity index (χ2n) is 10.3. The third-order valence-electron chi connectivity index (χ3n) is 7.74. The highest BCUT2D eigenvalue weighted by atomic mass is 32.1. The Morgan fingerprint density at radius 2 is 2.10 bits per heavy atom. The molecule has 3 aliphatic carbocycles. The Kier molecular flexibility index (Phi) is 5.67. The molecule has 1 aromatic carbocycles. The number of ether oxygens (including phenoxy) is 1. The summed E-state index contributed by atoms with van der Waals surface area (Å²) in [4.78, 5) is 12.0. The Balaban J connectivity index is 1.41. The van der Waals surface area contributed by atoms with Crippen LogP contribution in [0.25, 0.3) is 0 Å². The molecule has 1 amide bonds. The number of carbonyl (C=O) groups excluding carboxylic acids is 1. The summed E-state index contributed by atoms with van der Waals surface area (Å²) in [7, 11) is 0. The van der Waals surface area contributed by atoms with Gasteiger partial charge in [-0.05, 0) is 98.8 Å². The second kappa shape index (κ2) is 7.81. The van der Waals surface area contributed by atoms with Gasteiger partial charge in [-0.3, -0.25) is 4.79 Å². The van der Waals surface area contributed by atoms with Crippen LogP contribution in [0.4, 0.5) is 0 Å². The number of rotatable bonds is 5. The third kappa shape index (κ3) is 4.18. The molecule has 0 bridgehead atoms. The number of carbonyl (C=O) groups is 1. The maximum atomic E-state index is 12.0. The molecular formula is C24H35NO3S. The molecule has 2 fully saturated rings. The maximum absolute atomic E-state index is 12.0. The van der Waals surface area contributed by atoms with E-state index in [1.807, 2.05) is 19.9 Å². The largest absolute Gasteiger partial charge is 0.484 e. The molecule has 4 rings (SSSR count). The van der Waals surface area contributed by atoms with Gasteiger partial charge in [-0.1, -0.05) is 13.0 Å². The molecule has 2 saturated carbocycles. The van der Waals surface area contributed by atoms with Crippen molar-refractivity contribution in [3.63, 3.8) is 0 Å². The zero-order valence-corrected chi connectivity index (χ0v) is 18.8. The number of aryl methyl sites for hydroxylation is 1. The molecule has 2 N–H and O–H groups in total. The van der Waals surface area contributed by atoms with E-state index in [1.54, 1.807) is 0 Å². The van der Waals surface area contributed by atoms with Crippen LogP contribution < -0.4 is 10.1 Å². The Hall–Kier alpha value is -1.20. The number of nitrogens with one attached hydrogen (secondary N) is 1. The summed E-state index contributed by atoms with van der Waals surface area (Å²) in [6, 6.07) is 6.39. The van der Waals surface area contributed by atoms with Crippen molar-refractivity contribution in [3.05, 3.63) is 29.3 Å². The van der Waals surface area contributed by atoms with Gasteiger partial charge in [0.2, 0.25) is 0 Å². The average molecular weight is 418 g/mol. The number of aliphatic hydroxyl groups excluding tert-OH is 1. The van der Waals surface area contributed by atoms with Crippen LogP contribution in [0.3, 0.4) is 0 Å². The molecule has 0 heterocycles. The minimum Gasteiger partial charge on any atom is -0.484 e. The number of thiol groups is 1. The first-order valence-corrected chi connectivity index (χ1v) is 11.5. The van der Waals surface area contributed by atoms with Gasteiger partial charge in [0.15, 0.2) is 6.61 Å². The van der Waals surface area contributed by atoms with Crippen molar-refractivity contribution < 1.29 is 14.6 Å². The van der Waals surface area contributed by atoms with E-state index in [4.69, 9.17) is 4.74 Å². The lowest BCUT2D eigenvalue weighted by Crippen LogP contribution is -2.43. The number of benzene rings is 1. The van der Waals surface area contributed by atoms with Crippen molar-refractivity contribution in [2.45, 2.75) is 76.1 Å². The summed E-state index contributed by atoms with van der Waals surface area (Å²) in [5, 5.41) is 13.4. The predicted molar refractivity (Wildman–Crippen MR) is 119 cm³/mol. The SMILES string of the molecule is CC(C)(S)CNC(=O)COc1ccc2c(c1)CCC1C2CCC2(C)C(O)CCC12. The molecule has 29 heavy (non-hydrogen) atoms. The van der Waals surface area contributed by atoms with E-state index in [1.165, 1.54) is 30.4 Å². The first-order chi connectivity index (χ1) is 13.7. The van der Waals surface area contributed by atoms with E-state index in [9.17, 15) is 9.90 Å². The summed E-state index contributed by atoms with van der Waals surface area (Å²) >= 11 is 4.42. The summed E-state index contributed by atoms with van der Waals surface area (Å²) in [5.74, 6) is 2.62. The van der Waals surface area contributed by atoms with E-state index < -0.39 is 0 Å². The van der Waals surface area contributed by atoms with Gasteiger partial charge in [0.25, 0.3) is 5.91 Å². The molecule has 5 atom stereocenters. The smallest absolute Gasteiger partial charge is 0.257 e. The van der Waals surface area contributed by atoms with Crippen LogP contribution in [0.15, 0.2) is 18.2 Å². The molecule has 0 aromatic heterocycles. The van der Waals surface area contributed by atoms with Crippen molar-refractivity contribution in [2.24, 2.45) is 17.3 Å². The van der Waals surface area contributed by atoms with E-state index >= 15 is 0 Å². The number of hydrogen-bond donors (Lipinski definition) is 3. The van der Waals surface area contributed by atoms with Crippen molar-refractivity contribution in [1.82, 2.24) is 5.32 Å². The highest BCUT2D eigenvalue weighted by Gasteiger charge is 2.54. The lowest BCUT2D eigenvalue weighted by Gasteiger charge is -2.50. The van der Waals surface area contributed by atoms with Gasteiger partial charge in [0.1, 0.15) is 5.75 Å². The van der Waals surface area contributed by atoms with Crippen LogP contribution in [0.2, 0.25) is 0 Å². The number of amides is 1. The zero-order chi connectivity index (χ0) is 20.8. The van der Waals surface area contributed by atoms with Crippen LogP contribution in [0.5, 0.6) is 5.75 Å². The highest BCUT2D eigenvalue weighted by Crippen LogP contribution is 2.60. The second-order valence-corrected chi connectivity index (χ2v) is 11.5. The number of hydrogen-bond acceptors (Lipinski definition) is 4. The molecule has 0 aliphatic heterocycles. The summed E-state index contributed by atoms with van der Waals surface area (Å²) < 4.78 is 5.53. The Morgan fingerprint density at radius 1 is 1.31 bits per heavy atom. The van der Waals surface area contributed by atoms with Gasteiger partial charge in [0.05, 0.1) is 6.10 Å². The predicted octanol–water partition coefficient (Wildman–Crippen LogP) is 4.11. The normalized spacial score (nSPS) is 33.4. The Labute approximate surface area is 180 Å². The molecule has 0 radical (unpaired) electrons. The fourth-order valence-corrected chi connectivity index (χ4v) is 6.21. The van der Waals surface area contributed by atoms with Crippen molar-refractivity contribution in [1.29, 1.82) is 0 Å². The fourth-order valence-electron chi connectivity index (χ4n) is 6.14. The van der Waals surface area contributed by atoms with E-state index in [0.717, 1.165) is 25.0 Å². The topological polar surface area (TPSA) is 58.6 Å². The summed E-state index contributed by atoms with van der Waals surface area (Å²) in [5.41, 5.74) is 2.97. The lowest BCUT2D eigenvalue weighted by molar-refractivity contribution is -0.123. The van der Waals surface area contributed by atoms with E-state index in [-0.39, 0.29) is 28.8 Å². The Bertz CT molecular complexity index is 774. The monoisotopic (exact) mass is 417 g/mol. The van der Waals surface area contributed by atoms with Crippen molar-refractivity contribution in [3.8, 4) is 5.75 Å². The standard InChI is InChI=1S/C24H35NO3S/c1-23(2,29)14-25-22(27)13-28-16-5-7-17-15(12-16)4-6-19-18(17)10-11-24(3)20(19)8-9-21(24)26/h5,7,12,18-21,26,29H,4,6,8-11,13-14H2,1-3H3,(H,25,27). The first-order valence-electron chi connectivity index (χ1n) is 11.1. The minimum atomic E-state index is -0.233. The van der Waals surface area contributed by atoms with Crippen molar-refractivity contribution in [2.75, 3.05) is 13.2 Å². The van der Waals surface area contributed by atoms with Crippen LogP contribution in [-0.4, -0.2) is 35.0 Å². The first kappa shape index (κ1) is 21.0. The van der Waals surface area contributed by atoms with Crippen LogP contribution in [0.1, 0.15) is 69.9 Å². The van der Waals surface area contributed by atoms with Crippen LogP contribution >= 0.6 is 12.6 Å². The van der Waals surface area contributed by atoms with Gasteiger partial charge in [-0.15, -0.1) is 0 Å². The molecular weight excluding hydrogens is 382 g/mol. The number of fused-ring (bicyclic) bond motifs is 5. The molecule has 5 unspecified atom stereocenters. The number of aliphatic hydroxyl groups is 1. The molecule has 4 nitrogen and oxygen atoms in total. The molecule has 0 saturated heterocycles. The van der Waals surface area contributed by atoms with E-state index in [2.05, 4.69) is 37.0 Å². The van der Waals surface area contributed by atoms with Gasteiger partial charge in [-0.2, -0.15) is 12.6 Å². The molecule has 5 heteroatoms. The minimum absolute atomic E-state index is 0.0347. The van der Waals surface area contributed by atoms with Gasteiger partial charge in [-0.25, -0.2) is 0 Å². The third-order valence-corrected chi connectivity index (χ3v) is 7.89. The van der Waals surface area contributed by atoms with Gasteiger partial charge < -0.3 is 15.2 Å². The average Bonchev–Trinajstić information content (AvgIpc) is 2.98. The quantitative estimate of drug-likeness (QED) is 0.632. The highest BCUT2D eigenvalue weighted by molar-refractivity contribution is 7.81. The molecule has 0 spiro atoms. The molecule has 160 valence electrons. The van der Waals surface area contributed by atoms with Crippen molar-refractivity contribution >= 4 is 18.5 Å². The maximum Gasteiger partial charge on any atom is 0.257 e. The van der Waals surface area contributed by atoms with Gasteiger partial charge >= 0.3 is 0 Å².